The van der Waals surface area contributed by atoms with E-state index >= 15 is 0 Å². The van der Waals surface area contributed by atoms with Gasteiger partial charge in [0.2, 0.25) is 5.95 Å². The maximum absolute atomic E-state index is 12.1. The lowest BCUT2D eigenvalue weighted by atomic mass is 10.1. The van der Waals surface area contributed by atoms with Gasteiger partial charge in [-0.25, -0.2) is 9.97 Å². The predicted molar refractivity (Wildman–Crippen MR) is 102 cm³/mol. The number of anilines is 1. The first-order valence-electron chi connectivity index (χ1n) is 8.24. The van der Waals surface area contributed by atoms with Crippen molar-refractivity contribution in [3.63, 3.8) is 0 Å². The standard InChI is InChI=1S/C18H22Cl2N4O/c1-12(2)5-8-21-17(25)16-7-10-23-18(24-16)22-9-6-13-3-4-14(19)11-15(13)20/h3-4,7,10-12H,5-6,8-9H2,1-2H3,(H,21,25)(H,22,23,24). The molecule has 0 radical (unpaired) electrons. The van der Waals surface area contributed by atoms with Crippen molar-refractivity contribution in [2.24, 2.45) is 5.92 Å². The van der Waals surface area contributed by atoms with Gasteiger partial charge in [0.15, 0.2) is 0 Å². The summed E-state index contributed by atoms with van der Waals surface area (Å²) in [6.45, 7) is 5.47. The van der Waals surface area contributed by atoms with Gasteiger partial charge in [-0.15, -0.1) is 0 Å². The van der Waals surface area contributed by atoms with Crippen LogP contribution in [0.25, 0.3) is 0 Å². The number of carbonyl (C=O) groups is 1. The van der Waals surface area contributed by atoms with E-state index < -0.39 is 0 Å². The number of amides is 1. The topological polar surface area (TPSA) is 66.9 Å². The molecule has 0 fully saturated rings. The molecule has 2 rings (SSSR count). The molecule has 2 N–H and O–H groups in total. The van der Waals surface area contributed by atoms with E-state index in [1.807, 2.05) is 6.07 Å². The molecule has 0 aliphatic rings. The van der Waals surface area contributed by atoms with Gasteiger partial charge in [-0.3, -0.25) is 4.79 Å². The Labute approximate surface area is 158 Å². The summed E-state index contributed by atoms with van der Waals surface area (Å²) in [6, 6.07) is 7.02. The van der Waals surface area contributed by atoms with Crippen LogP contribution in [0.3, 0.4) is 0 Å². The first-order chi connectivity index (χ1) is 12.0. The SMILES string of the molecule is CC(C)CCNC(=O)c1ccnc(NCCc2ccc(Cl)cc2Cl)n1. The summed E-state index contributed by atoms with van der Waals surface area (Å²) in [5.74, 6) is 0.774. The van der Waals surface area contributed by atoms with Crippen molar-refractivity contribution < 1.29 is 4.79 Å². The third-order valence-electron chi connectivity index (χ3n) is 3.59. The molecule has 0 saturated heterocycles. The van der Waals surface area contributed by atoms with Crippen LogP contribution in [-0.2, 0) is 6.42 Å². The largest absolute Gasteiger partial charge is 0.354 e. The molecule has 0 atom stereocenters. The van der Waals surface area contributed by atoms with Crippen molar-refractivity contribution in [1.29, 1.82) is 0 Å². The molecule has 7 heteroatoms. The number of nitrogens with one attached hydrogen (secondary N) is 2. The first kappa shape index (κ1) is 19.5. The Bertz CT molecular complexity index is 722. The molecule has 1 amide bonds. The van der Waals surface area contributed by atoms with Crippen LogP contribution in [0.15, 0.2) is 30.5 Å². The second kappa shape index (κ2) is 9.59. The van der Waals surface area contributed by atoms with Gasteiger partial charge in [0.05, 0.1) is 0 Å². The second-order valence-corrected chi connectivity index (χ2v) is 6.96. The van der Waals surface area contributed by atoms with E-state index in [9.17, 15) is 4.79 Å². The third-order valence-corrected chi connectivity index (χ3v) is 4.17. The van der Waals surface area contributed by atoms with Crippen LogP contribution in [-0.4, -0.2) is 29.0 Å². The van der Waals surface area contributed by atoms with E-state index in [-0.39, 0.29) is 5.91 Å². The summed E-state index contributed by atoms with van der Waals surface area (Å²) < 4.78 is 0. The molecule has 0 unspecified atom stereocenters. The number of benzene rings is 1. The number of halogens is 2. The van der Waals surface area contributed by atoms with E-state index in [1.54, 1.807) is 24.4 Å². The molecule has 0 bridgehead atoms. The zero-order chi connectivity index (χ0) is 18.2. The van der Waals surface area contributed by atoms with Crippen LogP contribution in [0, 0.1) is 5.92 Å². The minimum Gasteiger partial charge on any atom is -0.354 e. The number of hydrogen-bond donors (Lipinski definition) is 2. The van der Waals surface area contributed by atoms with Crippen molar-refractivity contribution in [2.45, 2.75) is 26.7 Å². The van der Waals surface area contributed by atoms with Crippen LogP contribution in [0.5, 0.6) is 0 Å². The molecule has 0 saturated carbocycles. The lowest BCUT2D eigenvalue weighted by molar-refractivity contribution is 0.0947. The molecule has 134 valence electrons. The molecule has 0 aliphatic heterocycles. The van der Waals surface area contributed by atoms with Crippen LogP contribution in [0.4, 0.5) is 5.95 Å². The lowest BCUT2D eigenvalue weighted by Gasteiger charge is -2.09. The Hall–Kier alpha value is -1.85. The van der Waals surface area contributed by atoms with E-state index in [4.69, 9.17) is 23.2 Å². The van der Waals surface area contributed by atoms with E-state index in [2.05, 4.69) is 34.4 Å². The fourth-order valence-electron chi connectivity index (χ4n) is 2.17. The van der Waals surface area contributed by atoms with Crippen molar-refractivity contribution >= 4 is 35.1 Å². The molecule has 5 nitrogen and oxygen atoms in total. The fourth-order valence-corrected chi connectivity index (χ4v) is 2.67. The van der Waals surface area contributed by atoms with Gasteiger partial charge < -0.3 is 10.6 Å². The summed E-state index contributed by atoms with van der Waals surface area (Å²) >= 11 is 12.0. The zero-order valence-corrected chi connectivity index (χ0v) is 15.9. The molecule has 2 aromatic rings. The minimum absolute atomic E-state index is 0.188. The molecule has 25 heavy (non-hydrogen) atoms. The predicted octanol–water partition coefficient (Wildman–Crippen LogP) is 4.21. The molecular formula is C18H22Cl2N4O. The third kappa shape index (κ3) is 6.52. The number of carbonyl (C=O) groups excluding carboxylic acids is 1. The number of nitrogens with zero attached hydrogens (tertiary/aromatic N) is 2. The van der Waals surface area contributed by atoms with Crippen molar-refractivity contribution in [3.8, 4) is 0 Å². The van der Waals surface area contributed by atoms with E-state index in [0.717, 1.165) is 12.0 Å². The number of hydrogen-bond acceptors (Lipinski definition) is 4. The first-order valence-corrected chi connectivity index (χ1v) is 9.00. The lowest BCUT2D eigenvalue weighted by Crippen LogP contribution is -2.26. The summed E-state index contributed by atoms with van der Waals surface area (Å²) in [7, 11) is 0. The maximum atomic E-state index is 12.1. The average Bonchev–Trinajstić information content (AvgIpc) is 2.57. The molecule has 0 spiro atoms. The quantitative estimate of drug-likeness (QED) is 0.719. The highest BCUT2D eigenvalue weighted by atomic mass is 35.5. The van der Waals surface area contributed by atoms with Gasteiger partial charge in [-0.05, 0) is 42.5 Å². The van der Waals surface area contributed by atoms with Crippen LogP contribution >= 0.6 is 23.2 Å². The summed E-state index contributed by atoms with van der Waals surface area (Å²) in [5.41, 5.74) is 1.34. The molecule has 1 heterocycles. The van der Waals surface area contributed by atoms with Crippen LogP contribution in [0.1, 0.15) is 36.3 Å². The normalized spacial score (nSPS) is 10.8. The summed E-state index contributed by atoms with van der Waals surface area (Å²) in [6.07, 6.45) is 3.20. The monoisotopic (exact) mass is 380 g/mol. The molecule has 1 aromatic carbocycles. The van der Waals surface area contributed by atoms with Gasteiger partial charge in [0.25, 0.3) is 5.91 Å². The summed E-state index contributed by atoms with van der Waals surface area (Å²) in [5, 5.41) is 7.22. The Morgan fingerprint density at radius 3 is 2.72 bits per heavy atom. The Morgan fingerprint density at radius 1 is 1.20 bits per heavy atom. The zero-order valence-electron chi connectivity index (χ0n) is 14.4. The Kier molecular flexibility index (Phi) is 7.47. The minimum atomic E-state index is -0.188. The highest BCUT2D eigenvalue weighted by Gasteiger charge is 2.09. The van der Waals surface area contributed by atoms with Crippen molar-refractivity contribution in [2.75, 3.05) is 18.4 Å². The smallest absolute Gasteiger partial charge is 0.270 e. The fraction of sp³-hybridized carbons (Fsp3) is 0.389. The number of rotatable bonds is 8. The van der Waals surface area contributed by atoms with Gasteiger partial charge >= 0.3 is 0 Å². The van der Waals surface area contributed by atoms with Crippen molar-refractivity contribution in [1.82, 2.24) is 15.3 Å². The molecular weight excluding hydrogens is 359 g/mol. The van der Waals surface area contributed by atoms with Gasteiger partial charge in [0, 0.05) is 29.3 Å². The highest BCUT2D eigenvalue weighted by Crippen LogP contribution is 2.21. The van der Waals surface area contributed by atoms with E-state index in [0.29, 0.717) is 47.1 Å². The summed E-state index contributed by atoms with van der Waals surface area (Å²) in [4.78, 5) is 20.5. The van der Waals surface area contributed by atoms with Gasteiger partial charge in [-0.2, -0.15) is 0 Å². The Morgan fingerprint density at radius 2 is 2.00 bits per heavy atom. The maximum Gasteiger partial charge on any atom is 0.270 e. The number of aromatic nitrogens is 2. The molecule has 0 aliphatic carbocycles. The highest BCUT2D eigenvalue weighted by molar-refractivity contribution is 6.35. The van der Waals surface area contributed by atoms with E-state index in [1.165, 1.54) is 0 Å². The second-order valence-electron chi connectivity index (χ2n) is 6.12. The van der Waals surface area contributed by atoms with Gasteiger partial charge in [0.1, 0.15) is 5.69 Å². The Balaban J connectivity index is 1.87. The van der Waals surface area contributed by atoms with Crippen LogP contribution < -0.4 is 10.6 Å². The van der Waals surface area contributed by atoms with Crippen molar-refractivity contribution in [3.05, 3.63) is 51.8 Å². The van der Waals surface area contributed by atoms with Gasteiger partial charge in [-0.1, -0.05) is 43.1 Å². The molecule has 1 aromatic heterocycles. The average molecular weight is 381 g/mol. The van der Waals surface area contributed by atoms with Crippen LogP contribution in [0.2, 0.25) is 10.0 Å².